The third kappa shape index (κ3) is 3.70. The molecule has 0 radical (unpaired) electrons. The van der Waals surface area contributed by atoms with Gasteiger partial charge in [-0.2, -0.15) is 5.26 Å². The average molecular weight is 340 g/mol. The molecule has 3 fully saturated rings. The Balaban J connectivity index is 1.33. The zero-order valence-electron chi connectivity index (χ0n) is 14.4. The van der Waals surface area contributed by atoms with Crippen molar-refractivity contribution in [2.75, 3.05) is 19.8 Å². The molecule has 5 nitrogen and oxygen atoms in total. The van der Waals surface area contributed by atoms with Crippen LogP contribution >= 0.6 is 0 Å². The van der Waals surface area contributed by atoms with Crippen molar-refractivity contribution >= 4 is 5.91 Å². The fourth-order valence-electron chi connectivity index (χ4n) is 3.88. The van der Waals surface area contributed by atoms with Crippen LogP contribution in [0.2, 0.25) is 0 Å². The van der Waals surface area contributed by atoms with Gasteiger partial charge in [0.15, 0.2) is 0 Å². The van der Waals surface area contributed by atoms with Gasteiger partial charge in [-0.25, -0.2) is 0 Å². The summed E-state index contributed by atoms with van der Waals surface area (Å²) in [5, 5.41) is 8.88. The van der Waals surface area contributed by atoms with E-state index >= 15 is 0 Å². The molecule has 1 saturated carbocycles. The molecular formula is C20H24N2O3. The van der Waals surface area contributed by atoms with Gasteiger partial charge in [0.1, 0.15) is 0 Å². The van der Waals surface area contributed by atoms with Crippen LogP contribution in [0, 0.1) is 17.2 Å². The predicted molar refractivity (Wildman–Crippen MR) is 92.0 cm³/mol. The monoisotopic (exact) mass is 340 g/mol. The van der Waals surface area contributed by atoms with Gasteiger partial charge >= 0.3 is 0 Å². The second kappa shape index (κ2) is 7.15. The number of benzene rings is 1. The summed E-state index contributed by atoms with van der Waals surface area (Å²) < 4.78 is 12.0. The van der Waals surface area contributed by atoms with E-state index in [4.69, 9.17) is 14.7 Å². The number of amides is 1. The Bertz CT molecular complexity index is 663. The minimum absolute atomic E-state index is 0.0454. The minimum atomic E-state index is 0.0454. The molecule has 1 aromatic carbocycles. The van der Waals surface area contributed by atoms with Crippen molar-refractivity contribution in [1.29, 1.82) is 5.26 Å². The average Bonchev–Trinajstić information content (AvgIpc) is 3.38. The van der Waals surface area contributed by atoms with Gasteiger partial charge in [0, 0.05) is 18.7 Å². The number of carbonyl (C=O) groups excluding carboxylic acids is 1. The summed E-state index contributed by atoms with van der Waals surface area (Å²) in [6, 6.07) is 9.14. The second-order valence-electron chi connectivity index (χ2n) is 7.40. The Morgan fingerprint density at radius 3 is 2.68 bits per heavy atom. The number of nitrogens with zero attached hydrogens (tertiary/aromatic N) is 2. The van der Waals surface area contributed by atoms with Crippen molar-refractivity contribution in [3.8, 4) is 6.07 Å². The van der Waals surface area contributed by atoms with E-state index in [9.17, 15) is 4.79 Å². The van der Waals surface area contributed by atoms with Crippen LogP contribution in [0.15, 0.2) is 24.3 Å². The first-order valence-corrected chi connectivity index (χ1v) is 9.29. The van der Waals surface area contributed by atoms with Crippen LogP contribution in [0.1, 0.15) is 48.0 Å². The van der Waals surface area contributed by atoms with E-state index in [0.717, 1.165) is 38.3 Å². The largest absolute Gasteiger partial charge is 0.378 e. The van der Waals surface area contributed by atoms with Crippen molar-refractivity contribution in [3.05, 3.63) is 35.4 Å². The Labute approximate surface area is 148 Å². The van der Waals surface area contributed by atoms with Gasteiger partial charge in [-0.05, 0) is 62.3 Å². The lowest BCUT2D eigenvalue weighted by molar-refractivity contribution is -0.0973. The molecule has 1 aromatic rings. The maximum absolute atomic E-state index is 12.8. The van der Waals surface area contributed by atoms with Crippen molar-refractivity contribution in [1.82, 2.24) is 4.90 Å². The topological polar surface area (TPSA) is 62.6 Å². The molecule has 132 valence electrons. The number of likely N-dealkylation sites (tertiary alicyclic amines) is 1. The lowest BCUT2D eigenvalue weighted by Gasteiger charge is -2.36. The van der Waals surface area contributed by atoms with Crippen molar-refractivity contribution in [3.63, 3.8) is 0 Å². The normalized spacial score (nSPS) is 28.4. The highest BCUT2D eigenvalue weighted by molar-refractivity contribution is 5.94. The van der Waals surface area contributed by atoms with Gasteiger partial charge in [0.2, 0.25) is 0 Å². The standard InChI is InChI=1S/C20H24N2O3/c21-11-14-3-5-16(6-4-14)20(23)22-10-9-19-18(22)8-7-17(25-19)13-24-12-15-1-2-15/h3-6,15,17-19H,1-2,7-10,12-13H2/t17-,18+,19+/m1/s1. The van der Waals surface area contributed by atoms with Crippen LogP contribution < -0.4 is 0 Å². The van der Waals surface area contributed by atoms with E-state index in [-0.39, 0.29) is 24.2 Å². The molecule has 0 bridgehead atoms. The fourth-order valence-corrected chi connectivity index (χ4v) is 3.88. The summed E-state index contributed by atoms with van der Waals surface area (Å²) in [6.07, 6.45) is 5.74. The molecule has 0 spiro atoms. The number of hydrogen-bond donors (Lipinski definition) is 0. The van der Waals surface area contributed by atoms with E-state index in [1.165, 1.54) is 12.8 Å². The predicted octanol–water partition coefficient (Wildman–Crippen LogP) is 2.75. The molecule has 5 heteroatoms. The molecule has 0 aromatic heterocycles. The lowest BCUT2D eigenvalue weighted by atomic mass is 9.99. The summed E-state index contributed by atoms with van der Waals surface area (Å²) in [5.74, 6) is 0.826. The van der Waals surface area contributed by atoms with E-state index in [1.807, 2.05) is 4.90 Å². The summed E-state index contributed by atoms with van der Waals surface area (Å²) >= 11 is 0. The number of carbonyl (C=O) groups is 1. The SMILES string of the molecule is N#Cc1ccc(C(=O)N2CC[C@@H]3O[C@@H](COCC4CC4)CC[C@@H]32)cc1. The van der Waals surface area contributed by atoms with Crippen LogP contribution in [0.25, 0.3) is 0 Å². The van der Waals surface area contributed by atoms with Gasteiger partial charge in [-0.3, -0.25) is 4.79 Å². The molecule has 0 N–H and O–H groups in total. The summed E-state index contributed by atoms with van der Waals surface area (Å²) in [5.41, 5.74) is 1.22. The van der Waals surface area contributed by atoms with Crippen molar-refractivity contribution in [2.24, 2.45) is 5.92 Å². The Kier molecular flexibility index (Phi) is 4.74. The third-order valence-corrected chi connectivity index (χ3v) is 5.51. The molecule has 3 aliphatic rings. The van der Waals surface area contributed by atoms with Crippen LogP contribution in [-0.2, 0) is 9.47 Å². The van der Waals surface area contributed by atoms with E-state index < -0.39 is 0 Å². The molecule has 1 aliphatic carbocycles. The smallest absolute Gasteiger partial charge is 0.254 e. The summed E-state index contributed by atoms with van der Waals surface area (Å²) in [6.45, 7) is 2.30. The molecule has 4 rings (SSSR count). The first-order valence-electron chi connectivity index (χ1n) is 9.29. The number of rotatable bonds is 5. The summed E-state index contributed by atoms with van der Waals surface area (Å²) in [7, 11) is 0. The maximum atomic E-state index is 12.8. The number of fused-ring (bicyclic) bond motifs is 1. The minimum Gasteiger partial charge on any atom is -0.378 e. The van der Waals surface area contributed by atoms with E-state index in [1.54, 1.807) is 24.3 Å². The second-order valence-corrected chi connectivity index (χ2v) is 7.40. The Hall–Kier alpha value is -1.90. The highest BCUT2D eigenvalue weighted by Crippen LogP contribution is 2.33. The van der Waals surface area contributed by atoms with Crippen LogP contribution in [-0.4, -0.2) is 48.8 Å². The van der Waals surface area contributed by atoms with Crippen molar-refractivity contribution in [2.45, 2.75) is 50.4 Å². The fraction of sp³-hybridized carbons (Fsp3) is 0.600. The van der Waals surface area contributed by atoms with Crippen LogP contribution in [0.3, 0.4) is 0 Å². The molecule has 25 heavy (non-hydrogen) atoms. The van der Waals surface area contributed by atoms with Crippen LogP contribution in [0.5, 0.6) is 0 Å². The number of ether oxygens (including phenoxy) is 2. The van der Waals surface area contributed by atoms with Gasteiger partial charge in [0.05, 0.1) is 36.5 Å². The molecule has 0 unspecified atom stereocenters. The number of nitriles is 1. The van der Waals surface area contributed by atoms with Gasteiger partial charge < -0.3 is 14.4 Å². The highest BCUT2D eigenvalue weighted by atomic mass is 16.5. The molecular weight excluding hydrogens is 316 g/mol. The molecule has 2 aliphatic heterocycles. The third-order valence-electron chi connectivity index (χ3n) is 5.51. The van der Waals surface area contributed by atoms with Crippen LogP contribution in [0.4, 0.5) is 0 Å². The zero-order chi connectivity index (χ0) is 17.2. The molecule has 2 heterocycles. The summed E-state index contributed by atoms with van der Waals surface area (Å²) in [4.78, 5) is 14.8. The van der Waals surface area contributed by atoms with Gasteiger partial charge in [-0.1, -0.05) is 0 Å². The molecule has 3 atom stereocenters. The molecule has 2 saturated heterocycles. The van der Waals surface area contributed by atoms with Crippen molar-refractivity contribution < 1.29 is 14.3 Å². The quantitative estimate of drug-likeness (QED) is 0.827. The van der Waals surface area contributed by atoms with E-state index in [0.29, 0.717) is 17.7 Å². The maximum Gasteiger partial charge on any atom is 0.254 e. The first-order chi connectivity index (χ1) is 12.2. The first kappa shape index (κ1) is 16.6. The number of hydrogen-bond acceptors (Lipinski definition) is 4. The van der Waals surface area contributed by atoms with Gasteiger partial charge in [-0.15, -0.1) is 0 Å². The Morgan fingerprint density at radius 1 is 1.16 bits per heavy atom. The zero-order valence-corrected chi connectivity index (χ0v) is 14.4. The van der Waals surface area contributed by atoms with Gasteiger partial charge in [0.25, 0.3) is 5.91 Å². The Morgan fingerprint density at radius 2 is 1.96 bits per heavy atom. The highest BCUT2D eigenvalue weighted by Gasteiger charge is 2.42. The van der Waals surface area contributed by atoms with E-state index in [2.05, 4.69) is 6.07 Å². The molecule has 1 amide bonds. The lowest BCUT2D eigenvalue weighted by Crippen LogP contribution is -2.46.